The van der Waals surface area contributed by atoms with Gasteiger partial charge in [0.05, 0.1) is 0 Å². The van der Waals surface area contributed by atoms with Gasteiger partial charge in [-0.25, -0.2) is 9.97 Å². The number of carbonyl (C=O) groups excluding carboxylic acids is 1. The van der Waals surface area contributed by atoms with Crippen molar-refractivity contribution in [1.82, 2.24) is 14.9 Å². The summed E-state index contributed by atoms with van der Waals surface area (Å²) in [5.74, 6) is 0.889. The Kier molecular flexibility index (Phi) is 3.78. The van der Waals surface area contributed by atoms with Crippen LogP contribution < -0.4 is 5.32 Å². The van der Waals surface area contributed by atoms with Crippen molar-refractivity contribution in [2.24, 2.45) is 0 Å². The number of nitrogens with one attached hydrogen (secondary N) is 1. The number of likely N-dealkylation sites (tertiary alicyclic amines) is 1. The number of hydrogen-bond acceptors (Lipinski definition) is 4. The average Bonchev–Trinajstić information content (AvgIpc) is 2.29. The Morgan fingerprint density at radius 2 is 2.24 bits per heavy atom. The van der Waals surface area contributed by atoms with E-state index in [9.17, 15) is 4.79 Å². The van der Waals surface area contributed by atoms with Crippen LogP contribution in [0, 0.1) is 0 Å². The lowest BCUT2D eigenvalue weighted by molar-refractivity contribution is -0.129. The van der Waals surface area contributed by atoms with Gasteiger partial charge in [0.2, 0.25) is 11.2 Å². The van der Waals surface area contributed by atoms with Gasteiger partial charge in [-0.2, -0.15) is 0 Å². The lowest BCUT2D eigenvalue weighted by atomic mass is 10.1. The molecule has 1 aromatic heterocycles. The van der Waals surface area contributed by atoms with Gasteiger partial charge in [0.15, 0.2) is 0 Å². The lowest BCUT2D eigenvalue weighted by Gasteiger charge is -2.31. The first-order valence-electron chi connectivity index (χ1n) is 5.66. The Morgan fingerprint density at radius 1 is 1.53 bits per heavy atom. The van der Waals surface area contributed by atoms with Crippen LogP contribution in [-0.4, -0.2) is 39.9 Å². The molecule has 1 fully saturated rings. The second kappa shape index (κ2) is 5.31. The third-order valence-electron chi connectivity index (χ3n) is 2.92. The molecule has 6 heteroatoms. The topological polar surface area (TPSA) is 58.1 Å². The van der Waals surface area contributed by atoms with Gasteiger partial charge in [-0.1, -0.05) is 0 Å². The van der Waals surface area contributed by atoms with Gasteiger partial charge in [0, 0.05) is 32.3 Å². The molecule has 0 saturated carbocycles. The molecule has 0 unspecified atom stereocenters. The van der Waals surface area contributed by atoms with Crippen molar-refractivity contribution in [2.75, 3.05) is 18.4 Å². The molecule has 0 aromatic carbocycles. The first kappa shape index (κ1) is 12.1. The first-order chi connectivity index (χ1) is 8.15. The van der Waals surface area contributed by atoms with E-state index in [1.807, 2.05) is 4.90 Å². The highest BCUT2D eigenvalue weighted by molar-refractivity contribution is 6.28. The third-order valence-corrected chi connectivity index (χ3v) is 3.10. The van der Waals surface area contributed by atoms with E-state index >= 15 is 0 Å². The van der Waals surface area contributed by atoms with Crippen molar-refractivity contribution < 1.29 is 4.79 Å². The molecular weight excluding hydrogens is 240 g/mol. The summed E-state index contributed by atoms with van der Waals surface area (Å²) >= 11 is 5.71. The minimum absolute atomic E-state index is 0.147. The van der Waals surface area contributed by atoms with E-state index in [-0.39, 0.29) is 11.2 Å². The monoisotopic (exact) mass is 254 g/mol. The van der Waals surface area contributed by atoms with Crippen LogP contribution in [0.25, 0.3) is 0 Å². The van der Waals surface area contributed by atoms with Crippen LogP contribution in [0.15, 0.2) is 12.3 Å². The highest BCUT2D eigenvalue weighted by Gasteiger charge is 2.20. The van der Waals surface area contributed by atoms with Crippen molar-refractivity contribution in [2.45, 2.75) is 25.8 Å². The number of amides is 1. The normalized spacial score (nSPS) is 16.9. The SMILES string of the molecule is CC(=O)N1CCC(Nc2ccnc(Cl)n2)CC1. The number of anilines is 1. The molecule has 0 spiro atoms. The van der Waals surface area contributed by atoms with Crippen molar-refractivity contribution in [3.8, 4) is 0 Å². The maximum Gasteiger partial charge on any atom is 0.224 e. The predicted octanol–water partition coefficient (Wildman–Crippen LogP) is 1.55. The van der Waals surface area contributed by atoms with Crippen LogP contribution in [-0.2, 0) is 4.79 Å². The standard InChI is InChI=1S/C11H15ClN4O/c1-8(17)16-6-3-9(4-7-16)14-10-2-5-13-11(12)15-10/h2,5,9H,3-4,6-7H2,1H3,(H,13,14,15). The molecule has 1 aromatic rings. The molecule has 0 aliphatic carbocycles. The summed E-state index contributed by atoms with van der Waals surface area (Å²) in [4.78, 5) is 21.0. The second-order valence-electron chi connectivity index (χ2n) is 4.14. The van der Waals surface area contributed by atoms with E-state index in [1.54, 1.807) is 19.2 Å². The number of rotatable bonds is 2. The number of carbonyl (C=O) groups is 1. The van der Waals surface area contributed by atoms with Crippen LogP contribution in [0.4, 0.5) is 5.82 Å². The summed E-state index contributed by atoms with van der Waals surface area (Å²) in [5.41, 5.74) is 0. The van der Waals surface area contributed by atoms with E-state index in [0.29, 0.717) is 6.04 Å². The molecule has 92 valence electrons. The molecule has 17 heavy (non-hydrogen) atoms. The zero-order chi connectivity index (χ0) is 12.3. The maximum absolute atomic E-state index is 11.2. The van der Waals surface area contributed by atoms with Gasteiger partial charge in [0.1, 0.15) is 5.82 Å². The maximum atomic E-state index is 11.2. The Balaban J connectivity index is 1.88. The number of nitrogens with zero attached hydrogens (tertiary/aromatic N) is 3. The summed E-state index contributed by atoms with van der Waals surface area (Å²) in [6.45, 7) is 3.20. The van der Waals surface area contributed by atoms with Crippen molar-refractivity contribution in [3.05, 3.63) is 17.5 Å². The fraction of sp³-hybridized carbons (Fsp3) is 0.545. The van der Waals surface area contributed by atoms with Gasteiger partial charge >= 0.3 is 0 Å². The van der Waals surface area contributed by atoms with E-state index in [2.05, 4.69) is 15.3 Å². The number of hydrogen-bond donors (Lipinski definition) is 1. The molecular formula is C11H15ClN4O. The van der Waals surface area contributed by atoms with Crippen LogP contribution in [0.1, 0.15) is 19.8 Å². The molecule has 1 amide bonds. The molecule has 0 bridgehead atoms. The van der Waals surface area contributed by atoms with Crippen LogP contribution >= 0.6 is 11.6 Å². The van der Waals surface area contributed by atoms with Crippen molar-refractivity contribution in [3.63, 3.8) is 0 Å². The Morgan fingerprint density at radius 3 is 2.82 bits per heavy atom. The summed E-state index contributed by atoms with van der Waals surface area (Å²) in [6.07, 6.45) is 3.49. The van der Waals surface area contributed by atoms with E-state index in [0.717, 1.165) is 31.7 Å². The Bertz CT molecular complexity index is 404. The molecule has 5 nitrogen and oxygen atoms in total. The molecule has 0 atom stereocenters. The fourth-order valence-corrected chi connectivity index (χ4v) is 2.11. The molecule has 0 radical (unpaired) electrons. The molecule has 1 aliphatic rings. The van der Waals surface area contributed by atoms with Crippen LogP contribution in [0.2, 0.25) is 5.28 Å². The van der Waals surface area contributed by atoms with Crippen LogP contribution in [0.5, 0.6) is 0 Å². The molecule has 1 aliphatic heterocycles. The van der Waals surface area contributed by atoms with Gasteiger partial charge in [0.25, 0.3) is 0 Å². The summed E-state index contributed by atoms with van der Waals surface area (Å²) < 4.78 is 0. The number of piperidine rings is 1. The second-order valence-corrected chi connectivity index (χ2v) is 4.47. The van der Waals surface area contributed by atoms with E-state index in [1.165, 1.54) is 0 Å². The fourth-order valence-electron chi connectivity index (χ4n) is 1.96. The van der Waals surface area contributed by atoms with E-state index in [4.69, 9.17) is 11.6 Å². The van der Waals surface area contributed by atoms with Gasteiger partial charge in [-0.05, 0) is 30.5 Å². The predicted molar refractivity (Wildman–Crippen MR) is 65.9 cm³/mol. The minimum atomic E-state index is 0.147. The van der Waals surface area contributed by atoms with Gasteiger partial charge in [-0.3, -0.25) is 4.79 Å². The average molecular weight is 255 g/mol. The lowest BCUT2D eigenvalue weighted by Crippen LogP contribution is -2.41. The quantitative estimate of drug-likeness (QED) is 0.814. The highest BCUT2D eigenvalue weighted by Crippen LogP contribution is 2.15. The third kappa shape index (κ3) is 3.30. The summed E-state index contributed by atoms with van der Waals surface area (Å²) in [6, 6.07) is 2.14. The molecule has 1 saturated heterocycles. The first-order valence-corrected chi connectivity index (χ1v) is 6.03. The zero-order valence-corrected chi connectivity index (χ0v) is 10.4. The molecule has 2 rings (SSSR count). The summed E-state index contributed by atoms with van der Waals surface area (Å²) in [7, 11) is 0. The number of halogens is 1. The molecule has 2 heterocycles. The van der Waals surface area contributed by atoms with Gasteiger partial charge < -0.3 is 10.2 Å². The smallest absolute Gasteiger partial charge is 0.224 e. The van der Waals surface area contributed by atoms with Gasteiger partial charge in [-0.15, -0.1) is 0 Å². The minimum Gasteiger partial charge on any atom is -0.367 e. The number of aromatic nitrogens is 2. The summed E-state index contributed by atoms with van der Waals surface area (Å²) in [5, 5.41) is 3.55. The van der Waals surface area contributed by atoms with Crippen molar-refractivity contribution >= 4 is 23.3 Å². The highest BCUT2D eigenvalue weighted by atomic mass is 35.5. The molecule has 1 N–H and O–H groups in total. The van der Waals surface area contributed by atoms with E-state index < -0.39 is 0 Å². The van der Waals surface area contributed by atoms with Crippen molar-refractivity contribution in [1.29, 1.82) is 0 Å². The Labute approximate surface area is 105 Å². The largest absolute Gasteiger partial charge is 0.367 e. The zero-order valence-electron chi connectivity index (χ0n) is 9.69. The Hall–Kier alpha value is -1.36. The van der Waals surface area contributed by atoms with Crippen LogP contribution in [0.3, 0.4) is 0 Å².